The zero-order valence-corrected chi connectivity index (χ0v) is 22.4. The molecule has 8 heteroatoms. The van der Waals surface area contributed by atoms with Gasteiger partial charge < -0.3 is 19.4 Å². The Labute approximate surface area is 227 Å². The number of furan rings is 1. The lowest BCUT2D eigenvalue weighted by molar-refractivity contribution is 0.0139. The van der Waals surface area contributed by atoms with E-state index in [1.807, 2.05) is 57.2 Å². The molecule has 0 unspecified atom stereocenters. The smallest absolute Gasteiger partial charge is 0.410 e. The number of hydrogen-bond acceptors (Lipinski definition) is 5. The zero-order valence-electron chi connectivity index (χ0n) is 22.4. The Balaban J connectivity index is 1.28. The van der Waals surface area contributed by atoms with Crippen molar-refractivity contribution in [3.63, 3.8) is 0 Å². The largest absolute Gasteiger partial charge is 0.456 e. The third-order valence-electron chi connectivity index (χ3n) is 6.57. The van der Waals surface area contributed by atoms with Gasteiger partial charge >= 0.3 is 6.09 Å². The topological polar surface area (TPSA) is 75.0 Å². The van der Waals surface area contributed by atoms with Crippen LogP contribution in [0.4, 0.5) is 14.9 Å². The number of carbonyl (C=O) groups is 2. The maximum absolute atomic E-state index is 14.1. The third kappa shape index (κ3) is 6.29. The van der Waals surface area contributed by atoms with Crippen LogP contribution in [0.1, 0.15) is 36.7 Å². The molecule has 0 radical (unpaired) electrons. The Hall–Kier alpha value is -4.17. The monoisotopic (exact) mass is 529 g/mol. The molecule has 1 aliphatic rings. The van der Waals surface area contributed by atoms with E-state index >= 15 is 0 Å². The van der Waals surface area contributed by atoms with Gasteiger partial charge in [-0.1, -0.05) is 30.3 Å². The number of piperazine rings is 1. The summed E-state index contributed by atoms with van der Waals surface area (Å²) in [5, 5.41) is 3.77. The van der Waals surface area contributed by atoms with Crippen LogP contribution in [0.15, 0.2) is 77.2 Å². The average molecular weight is 530 g/mol. The number of benzene rings is 3. The van der Waals surface area contributed by atoms with Crippen LogP contribution in [-0.4, -0.2) is 53.6 Å². The van der Waals surface area contributed by atoms with Gasteiger partial charge in [0, 0.05) is 43.7 Å². The summed E-state index contributed by atoms with van der Waals surface area (Å²) in [6.45, 7) is 9.17. The summed E-state index contributed by atoms with van der Waals surface area (Å²) in [6.07, 6.45) is -0.264. The van der Waals surface area contributed by atoms with Crippen LogP contribution in [0.2, 0.25) is 0 Å². The predicted octanol–water partition coefficient (Wildman–Crippen LogP) is 6.54. The Morgan fingerprint density at radius 1 is 0.949 bits per heavy atom. The molecule has 0 aliphatic carbocycles. The van der Waals surface area contributed by atoms with Crippen LogP contribution in [0, 0.1) is 5.82 Å². The van der Waals surface area contributed by atoms with Crippen molar-refractivity contribution >= 4 is 28.7 Å². The fourth-order valence-electron chi connectivity index (χ4n) is 4.64. The number of halogens is 1. The highest BCUT2D eigenvalue weighted by Gasteiger charge is 2.26. The van der Waals surface area contributed by atoms with Gasteiger partial charge in [-0.3, -0.25) is 9.69 Å². The van der Waals surface area contributed by atoms with Gasteiger partial charge in [-0.15, -0.1) is 0 Å². The van der Waals surface area contributed by atoms with Crippen LogP contribution < -0.4 is 5.32 Å². The van der Waals surface area contributed by atoms with Crippen LogP contribution in [0.5, 0.6) is 0 Å². The van der Waals surface area contributed by atoms with E-state index in [4.69, 9.17) is 9.15 Å². The molecule has 0 saturated carbocycles. The van der Waals surface area contributed by atoms with E-state index < -0.39 is 17.3 Å². The van der Waals surface area contributed by atoms with Crippen molar-refractivity contribution in [3.8, 4) is 11.3 Å². The van der Waals surface area contributed by atoms with Gasteiger partial charge in [0.2, 0.25) is 0 Å². The first kappa shape index (κ1) is 26.4. The second-order valence-electron chi connectivity index (χ2n) is 10.7. The predicted molar refractivity (Wildman–Crippen MR) is 149 cm³/mol. The van der Waals surface area contributed by atoms with Gasteiger partial charge in [0.15, 0.2) is 0 Å². The Morgan fingerprint density at radius 3 is 2.41 bits per heavy atom. The molecule has 1 saturated heterocycles. The lowest BCUT2D eigenvalue weighted by atomic mass is 10.1. The Morgan fingerprint density at radius 2 is 1.67 bits per heavy atom. The highest BCUT2D eigenvalue weighted by molar-refractivity contribution is 6.06. The lowest BCUT2D eigenvalue weighted by Crippen LogP contribution is -2.49. The standard InChI is InChI=1S/C31H32FN3O4/c1-31(2,3)39-30(37)35-16-14-34(15-17-35)20-21-12-13-27-22(18-21)19-28(38-27)24-9-5-7-11-26(24)33-29(36)23-8-4-6-10-25(23)32/h4-13,18-19H,14-17,20H2,1-3H3,(H,33,36). The fraction of sp³-hybridized carbons (Fsp3) is 0.290. The van der Waals surface area contributed by atoms with E-state index in [-0.39, 0.29) is 11.7 Å². The van der Waals surface area contributed by atoms with E-state index in [1.165, 1.54) is 12.1 Å². The summed E-state index contributed by atoms with van der Waals surface area (Å²) in [7, 11) is 0. The first-order valence-electron chi connectivity index (χ1n) is 13.0. The molecule has 0 spiro atoms. The SMILES string of the molecule is CC(C)(C)OC(=O)N1CCN(Cc2ccc3oc(-c4ccccc4NC(=O)c4ccccc4F)cc3c2)CC1. The minimum absolute atomic E-state index is 0.0199. The maximum atomic E-state index is 14.1. The second-order valence-corrected chi connectivity index (χ2v) is 10.7. The first-order chi connectivity index (χ1) is 18.7. The number of anilines is 1. The van der Waals surface area contributed by atoms with Gasteiger partial charge in [0.25, 0.3) is 5.91 Å². The van der Waals surface area contributed by atoms with Crippen molar-refractivity contribution in [2.45, 2.75) is 32.9 Å². The Kier molecular flexibility index (Phi) is 7.39. The summed E-state index contributed by atoms with van der Waals surface area (Å²) >= 11 is 0. The molecule has 1 aliphatic heterocycles. The van der Waals surface area contributed by atoms with E-state index in [0.717, 1.165) is 36.2 Å². The summed E-state index contributed by atoms with van der Waals surface area (Å²) in [6, 6.07) is 21.2. The molecule has 4 aromatic rings. The number of ether oxygens (including phenoxy) is 1. The molecule has 2 heterocycles. The number of fused-ring (bicyclic) bond motifs is 1. The number of nitrogens with zero attached hydrogens (tertiary/aromatic N) is 2. The first-order valence-corrected chi connectivity index (χ1v) is 13.0. The molecular weight excluding hydrogens is 497 g/mol. The second kappa shape index (κ2) is 10.9. The molecular formula is C31H32FN3O4. The number of hydrogen-bond donors (Lipinski definition) is 1. The Bertz CT molecular complexity index is 1500. The quantitative estimate of drug-likeness (QED) is 0.318. The molecule has 0 atom stereocenters. The highest BCUT2D eigenvalue weighted by Crippen LogP contribution is 2.33. The molecule has 202 valence electrons. The minimum Gasteiger partial charge on any atom is -0.456 e. The van der Waals surface area contributed by atoms with Crippen molar-refractivity contribution in [3.05, 3.63) is 89.7 Å². The van der Waals surface area contributed by atoms with Gasteiger partial charge in [0.1, 0.15) is 22.8 Å². The van der Waals surface area contributed by atoms with Crippen LogP contribution in [-0.2, 0) is 11.3 Å². The van der Waals surface area contributed by atoms with Gasteiger partial charge in [-0.05, 0) is 68.8 Å². The fourth-order valence-corrected chi connectivity index (χ4v) is 4.64. The van der Waals surface area contributed by atoms with Crippen molar-refractivity contribution in [1.29, 1.82) is 0 Å². The van der Waals surface area contributed by atoms with Gasteiger partial charge in [0.05, 0.1) is 11.3 Å². The molecule has 1 fully saturated rings. The molecule has 1 N–H and O–H groups in total. The molecule has 5 rings (SSSR count). The summed E-state index contributed by atoms with van der Waals surface area (Å²) in [5.41, 5.74) is 2.60. The van der Waals surface area contributed by atoms with E-state index in [1.54, 1.807) is 23.1 Å². The van der Waals surface area contributed by atoms with Crippen LogP contribution in [0.3, 0.4) is 0 Å². The van der Waals surface area contributed by atoms with Crippen molar-refractivity contribution in [2.24, 2.45) is 0 Å². The van der Waals surface area contributed by atoms with E-state index in [9.17, 15) is 14.0 Å². The number of carbonyl (C=O) groups excluding carboxylic acids is 2. The summed E-state index contributed by atoms with van der Waals surface area (Å²) in [4.78, 5) is 29.2. The minimum atomic E-state index is -0.574. The van der Waals surface area contributed by atoms with Crippen molar-refractivity contribution in [1.82, 2.24) is 9.80 Å². The van der Waals surface area contributed by atoms with Gasteiger partial charge in [-0.25, -0.2) is 9.18 Å². The average Bonchev–Trinajstić information content (AvgIpc) is 3.32. The van der Waals surface area contributed by atoms with Crippen LogP contribution >= 0.6 is 0 Å². The molecule has 7 nitrogen and oxygen atoms in total. The normalized spacial score (nSPS) is 14.4. The highest BCUT2D eigenvalue weighted by atomic mass is 19.1. The number of amides is 2. The van der Waals surface area contributed by atoms with Crippen molar-refractivity contribution in [2.75, 3.05) is 31.5 Å². The number of rotatable bonds is 5. The molecule has 2 amide bonds. The zero-order chi connectivity index (χ0) is 27.6. The van der Waals surface area contributed by atoms with E-state index in [2.05, 4.69) is 16.3 Å². The molecule has 39 heavy (non-hydrogen) atoms. The molecule has 3 aromatic carbocycles. The third-order valence-corrected chi connectivity index (χ3v) is 6.57. The molecule has 0 bridgehead atoms. The number of nitrogens with one attached hydrogen (secondary N) is 1. The van der Waals surface area contributed by atoms with Crippen LogP contribution in [0.25, 0.3) is 22.3 Å². The van der Waals surface area contributed by atoms with Crippen molar-refractivity contribution < 1.29 is 23.1 Å². The maximum Gasteiger partial charge on any atom is 0.410 e. The summed E-state index contributed by atoms with van der Waals surface area (Å²) < 4.78 is 25.7. The summed E-state index contributed by atoms with van der Waals surface area (Å²) in [5.74, 6) is -0.488. The lowest BCUT2D eigenvalue weighted by Gasteiger charge is -2.35. The molecule has 1 aromatic heterocycles. The van der Waals surface area contributed by atoms with E-state index in [0.29, 0.717) is 30.1 Å². The van der Waals surface area contributed by atoms with Gasteiger partial charge in [-0.2, -0.15) is 0 Å². The number of para-hydroxylation sites is 1.